The van der Waals surface area contributed by atoms with Crippen LogP contribution in [-0.4, -0.2) is 71.6 Å². The van der Waals surface area contributed by atoms with E-state index >= 15 is 0 Å². The van der Waals surface area contributed by atoms with Gasteiger partial charge in [-0.05, 0) is 58.9 Å². The fourth-order valence-corrected chi connectivity index (χ4v) is 3.88. The van der Waals surface area contributed by atoms with Gasteiger partial charge < -0.3 is 35.5 Å². The highest BCUT2D eigenvalue weighted by molar-refractivity contribution is 5.95. The normalized spacial score (nSPS) is 13.6. The molecule has 0 fully saturated rings. The number of carbonyl (C=O) groups excluding carboxylic acids is 6. The molecule has 13 nitrogen and oxygen atoms in total. The number of ether oxygens (including phenoxy) is 3. The summed E-state index contributed by atoms with van der Waals surface area (Å²) in [5.74, 6) is -4.34. The molecule has 0 aliphatic heterocycles. The molecule has 0 unspecified atom stereocenters. The standard InChI is InChI=1S/C32H50N4O9/c1-19(2)25(28(40)33-17-24(38)45-32(8,9)10)36-29(41)26(20(3)4)35-27(39)22(16-23(37)44-31(5,6)7)34-30(42)43-18-21-14-12-11-13-15-21/h11-15,19-20,22,25-26H,16-18H2,1-10H3,(H,33,40)(H,34,42)(H,35,39)(H,36,41)/t22-,25-,26-/m0/s1. The van der Waals surface area contributed by atoms with E-state index in [-0.39, 0.29) is 12.5 Å². The molecule has 13 heteroatoms. The van der Waals surface area contributed by atoms with Crippen LogP contribution < -0.4 is 21.3 Å². The number of amides is 4. The van der Waals surface area contributed by atoms with Gasteiger partial charge in [0.25, 0.3) is 0 Å². The van der Waals surface area contributed by atoms with Crippen molar-refractivity contribution in [2.75, 3.05) is 6.54 Å². The van der Waals surface area contributed by atoms with E-state index in [1.165, 1.54) is 0 Å². The SMILES string of the molecule is CC(C)[C@H](NC(=O)[C@H](CC(=O)OC(C)(C)C)NC(=O)OCc1ccccc1)C(=O)N[C@H](C(=O)NCC(=O)OC(C)(C)C)C(C)C. The van der Waals surface area contributed by atoms with Crippen LogP contribution in [-0.2, 0) is 44.8 Å². The fraction of sp³-hybridized carbons (Fsp3) is 0.625. The number of alkyl carbamates (subject to hydrolysis) is 1. The predicted molar refractivity (Wildman–Crippen MR) is 166 cm³/mol. The third-order valence-corrected chi connectivity index (χ3v) is 5.93. The number of carbonyl (C=O) groups is 6. The zero-order chi connectivity index (χ0) is 34.5. The van der Waals surface area contributed by atoms with Gasteiger partial charge in [0.2, 0.25) is 17.7 Å². The van der Waals surface area contributed by atoms with Gasteiger partial charge in [-0.2, -0.15) is 0 Å². The Morgan fingerprint density at radius 3 is 1.67 bits per heavy atom. The number of rotatable bonds is 14. The third-order valence-electron chi connectivity index (χ3n) is 5.93. The molecule has 0 aliphatic rings. The summed E-state index contributed by atoms with van der Waals surface area (Å²) in [5.41, 5.74) is -0.861. The molecule has 1 rings (SSSR count). The lowest BCUT2D eigenvalue weighted by atomic mass is 9.99. The molecule has 0 heterocycles. The van der Waals surface area contributed by atoms with E-state index in [0.717, 1.165) is 0 Å². The van der Waals surface area contributed by atoms with E-state index in [4.69, 9.17) is 14.2 Å². The Hall–Kier alpha value is -4.16. The van der Waals surface area contributed by atoms with E-state index in [9.17, 15) is 28.8 Å². The van der Waals surface area contributed by atoms with Gasteiger partial charge in [-0.15, -0.1) is 0 Å². The molecule has 0 aromatic heterocycles. The van der Waals surface area contributed by atoms with Crippen molar-refractivity contribution >= 4 is 35.8 Å². The summed E-state index contributed by atoms with van der Waals surface area (Å²) in [6.45, 7) is 16.4. The largest absolute Gasteiger partial charge is 0.460 e. The number of nitrogens with one attached hydrogen (secondary N) is 4. The first-order valence-corrected chi connectivity index (χ1v) is 15.0. The Morgan fingerprint density at radius 2 is 1.16 bits per heavy atom. The summed E-state index contributed by atoms with van der Waals surface area (Å²) >= 11 is 0. The second-order valence-corrected chi connectivity index (χ2v) is 13.3. The van der Waals surface area contributed by atoms with E-state index in [2.05, 4.69) is 21.3 Å². The van der Waals surface area contributed by atoms with E-state index in [1.807, 2.05) is 6.07 Å². The Bertz CT molecular complexity index is 1170. The van der Waals surface area contributed by atoms with Crippen molar-refractivity contribution in [2.24, 2.45) is 11.8 Å². The van der Waals surface area contributed by atoms with Crippen molar-refractivity contribution < 1.29 is 43.0 Å². The molecule has 252 valence electrons. The Balaban J connectivity index is 3.03. The highest BCUT2D eigenvalue weighted by Gasteiger charge is 2.34. The maximum Gasteiger partial charge on any atom is 0.408 e. The minimum atomic E-state index is -1.44. The van der Waals surface area contributed by atoms with Crippen molar-refractivity contribution in [3.05, 3.63) is 35.9 Å². The quantitative estimate of drug-likeness (QED) is 0.177. The molecule has 1 aromatic carbocycles. The van der Waals surface area contributed by atoms with Gasteiger partial charge in [-0.25, -0.2) is 4.79 Å². The smallest absolute Gasteiger partial charge is 0.408 e. The van der Waals surface area contributed by atoms with Crippen LogP contribution in [0.5, 0.6) is 0 Å². The summed E-state index contributed by atoms with van der Waals surface area (Å²) in [7, 11) is 0. The maximum absolute atomic E-state index is 13.4. The van der Waals surface area contributed by atoms with Crippen LogP contribution in [0.2, 0.25) is 0 Å². The van der Waals surface area contributed by atoms with Gasteiger partial charge in [0.05, 0.1) is 6.42 Å². The van der Waals surface area contributed by atoms with Crippen molar-refractivity contribution in [1.29, 1.82) is 0 Å². The second kappa shape index (κ2) is 17.4. The van der Waals surface area contributed by atoms with Crippen molar-refractivity contribution in [2.45, 2.75) is 112 Å². The first-order valence-electron chi connectivity index (χ1n) is 15.0. The lowest BCUT2D eigenvalue weighted by Crippen LogP contribution is -2.59. The van der Waals surface area contributed by atoms with Crippen LogP contribution in [0.3, 0.4) is 0 Å². The van der Waals surface area contributed by atoms with Crippen molar-refractivity contribution in [3.63, 3.8) is 0 Å². The van der Waals surface area contributed by atoms with Gasteiger partial charge in [0.1, 0.15) is 42.5 Å². The van der Waals surface area contributed by atoms with Crippen LogP contribution in [0.25, 0.3) is 0 Å². The summed E-state index contributed by atoms with van der Waals surface area (Å²) < 4.78 is 15.8. The topological polar surface area (TPSA) is 178 Å². The average molecular weight is 635 g/mol. The molecule has 4 N–H and O–H groups in total. The molecule has 0 radical (unpaired) electrons. The molecule has 0 spiro atoms. The molecule has 45 heavy (non-hydrogen) atoms. The average Bonchev–Trinajstić information content (AvgIpc) is 2.89. The molecule has 0 saturated carbocycles. The second-order valence-electron chi connectivity index (χ2n) is 13.3. The maximum atomic E-state index is 13.4. The van der Waals surface area contributed by atoms with Gasteiger partial charge in [-0.3, -0.25) is 24.0 Å². The molecular formula is C32H50N4O9. The van der Waals surface area contributed by atoms with Crippen molar-refractivity contribution in [3.8, 4) is 0 Å². The molecule has 3 atom stereocenters. The van der Waals surface area contributed by atoms with Crippen LogP contribution in [0.15, 0.2) is 30.3 Å². The Labute approximate surface area is 265 Å². The molecule has 0 aliphatic carbocycles. The number of hydrogen-bond acceptors (Lipinski definition) is 9. The summed E-state index contributed by atoms with van der Waals surface area (Å²) in [4.78, 5) is 77.0. The van der Waals surface area contributed by atoms with Crippen LogP contribution in [0, 0.1) is 11.8 Å². The van der Waals surface area contributed by atoms with E-state index < -0.39 is 84.0 Å². The zero-order valence-electron chi connectivity index (χ0n) is 28.1. The van der Waals surface area contributed by atoms with Gasteiger partial charge in [0.15, 0.2) is 0 Å². The first kappa shape index (κ1) is 38.9. The van der Waals surface area contributed by atoms with Gasteiger partial charge >= 0.3 is 18.0 Å². The minimum Gasteiger partial charge on any atom is -0.460 e. The summed E-state index contributed by atoms with van der Waals surface area (Å²) in [5, 5.41) is 10.1. The highest BCUT2D eigenvalue weighted by atomic mass is 16.6. The monoisotopic (exact) mass is 634 g/mol. The molecular weight excluding hydrogens is 584 g/mol. The summed E-state index contributed by atoms with van der Waals surface area (Å²) in [6, 6.07) is 5.25. The van der Waals surface area contributed by atoms with Crippen LogP contribution in [0.1, 0.15) is 81.2 Å². The third kappa shape index (κ3) is 15.9. The summed E-state index contributed by atoms with van der Waals surface area (Å²) in [6.07, 6.45) is -1.48. The Kier molecular flexibility index (Phi) is 15.0. The van der Waals surface area contributed by atoms with Crippen molar-refractivity contribution in [1.82, 2.24) is 21.3 Å². The van der Waals surface area contributed by atoms with Gasteiger partial charge in [0, 0.05) is 0 Å². The predicted octanol–water partition coefficient (Wildman–Crippen LogP) is 2.75. The number of esters is 2. The molecule has 1 aromatic rings. The number of benzene rings is 1. The minimum absolute atomic E-state index is 0.0724. The first-order chi connectivity index (χ1) is 20.7. The lowest BCUT2D eigenvalue weighted by Gasteiger charge is -2.28. The zero-order valence-corrected chi connectivity index (χ0v) is 28.1. The molecule has 0 saturated heterocycles. The highest BCUT2D eigenvalue weighted by Crippen LogP contribution is 2.12. The molecule has 0 bridgehead atoms. The van der Waals surface area contributed by atoms with Crippen LogP contribution in [0.4, 0.5) is 4.79 Å². The number of hydrogen-bond donors (Lipinski definition) is 4. The van der Waals surface area contributed by atoms with Crippen LogP contribution >= 0.6 is 0 Å². The van der Waals surface area contributed by atoms with E-state index in [1.54, 1.807) is 93.5 Å². The molecule has 4 amide bonds. The fourth-order valence-electron chi connectivity index (χ4n) is 3.88. The van der Waals surface area contributed by atoms with Gasteiger partial charge in [-0.1, -0.05) is 58.0 Å². The lowest BCUT2D eigenvalue weighted by molar-refractivity contribution is -0.156. The van der Waals surface area contributed by atoms with E-state index in [0.29, 0.717) is 5.56 Å². The Morgan fingerprint density at radius 1 is 0.667 bits per heavy atom.